The summed E-state index contributed by atoms with van der Waals surface area (Å²) in [4.78, 5) is 11.1. The zero-order valence-corrected chi connectivity index (χ0v) is 20.9. The first-order valence-corrected chi connectivity index (χ1v) is 12.2. The quantitative estimate of drug-likeness (QED) is 0.280. The van der Waals surface area contributed by atoms with Gasteiger partial charge in [-0.25, -0.2) is 0 Å². The van der Waals surface area contributed by atoms with Crippen molar-refractivity contribution in [3.8, 4) is 0 Å². The van der Waals surface area contributed by atoms with E-state index >= 15 is 0 Å². The minimum atomic E-state index is -0.560. The number of rotatable bonds is 13. The van der Waals surface area contributed by atoms with Crippen molar-refractivity contribution < 1.29 is 9.28 Å². The van der Waals surface area contributed by atoms with Gasteiger partial charge in [0.15, 0.2) is 0 Å². The predicted molar refractivity (Wildman–Crippen MR) is 131 cm³/mol. The van der Waals surface area contributed by atoms with Gasteiger partial charge < -0.3 is 15.2 Å². The van der Waals surface area contributed by atoms with Crippen molar-refractivity contribution in [2.45, 2.75) is 99.8 Å². The Hall–Kier alpha value is -1.39. The number of carbonyl (C=O) groups is 1. The molecule has 0 aliphatic heterocycles. The van der Waals surface area contributed by atoms with Gasteiger partial charge in [-0.1, -0.05) is 71.1 Å². The van der Waals surface area contributed by atoms with E-state index < -0.39 is 5.91 Å². The minimum absolute atomic E-state index is 0.487. The molecule has 0 aromatic heterocycles. The van der Waals surface area contributed by atoms with E-state index in [0.29, 0.717) is 5.56 Å². The molecular formula is C26H48N2O2. The molecule has 1 amide bonds. The van der Waals surface area contributed by atoms with Gasteiger partial charge in [0.2, 0.25) is 5.91 Å². The third-order valence-electron chi connectivity index (χ3n) is 5.94. The van der Waals surface area contributed by atoms with Crippen LogP contribution in [0.5, 0.6) is 0 Å². The summed E-state index contributed by atoms with van der Waals surface area (Å²) in [5.74, 6) is -0.560. The predicted octanol–water partition coefficient (Wildman–Crippen LogP) is 6.84. The monoisotopic (exact) mass is 420 g/mol. The van der Waals surface area contributed by atoms with Crippen LogP contribution in [-0.2, 0) is 0 Å². The fourth-order valence-corrected chi connectivity index (χ4v) is 4.23. The van der Waals surface area contributed by atoms with Crippen LogP contribution in [0.15, 0.2) is 12.1 Å². The molecule has 0 radical (unpaired) electrons. The van der Waals surface area contributed by atoms with E-state index in [9.17, 15) is 10.0 Å². The zero-order chi connectivity index (χ0) is 23.0. The number of quaternary nitrogens is 1. The number of amides is 1. The van der Waals surface area contributed by atoms with Crippen LogP contribution in [0.25, 0.3) is 0 Å². The summed E-state index contributed by atoms with van der Waals surface area (Å²) in [7, 11) is 0. The summed E-state index contributed by atoms with van der Waals surface area (Å²) in [5, 5.41) is 10.2. The van der Waals surface area contributed by atoms with Crippen LogP contribution in [0.3, 0.4) is 0 Å². The first-order valence-electron chi connectivity index (χ1n) is 12.2. The van der Waals surface area contributed by atoms with Crippen molar-refractivity contribution >= 4 is 5.91 Å². The molecule has 174 valence electrons. The second-order valence-corrected chi connectivity index (χ2v) is 8.86. The van der Waals surface area contributed by atoms with E-state index in [1.807, 2.05) is 32.9 Å². The first kappa shape index (κ1) is 28.6. The Morgan fingerprint density at radius 3 is 1.37 bits per heavy atom. The molecule has 0 unspecified atom stereocenters. The number of hydrogen-bond acceptors (Lipinski definition) is 2. The highest BCUT2D eigenvalue weighted by Crippen LogP contribution is 2.17. The zero-order valence-electron chi connectivity index (χ0n) is 20.9. The van der Waals surface area contributed by atoms with Gasteiger partial charge in [-0.15, -0.1) is 0 Å². The molecule has 0 atom stereocenters. The fraction of sp³-hybridized carbons (Fsp3) is 0.731. The number of nitrogens with zero attached hydrogens (tertiary/aromatic N) is 1. The van der Waals surface area contributed by atoms with E-state index in [1.54, 1.807) is 0 Å². The van der Waals surface area contributed by atoms with Gasteiger partial charge in [0, 0.05) is 5.56 Å². The molecule has 0 aliphatic rings. The number of nitrogens with one attached hydrogen (secondary N) is 1. The van der Waals surface area contributed by atoms with Gasteiger partial charge in [0.1, 0.15) is 0 Å². The topological polar surface area (TPSA) is 52.2 Å². The summed E-state index contributed by atoms with van der Waals surface area (Å²) in [6, 6.07) is 3.77. The smallest absolute Gasteiger partial charge is 0.241 e. The highest BCUT2D eigenvalue weighted by molar-refractivity contribution is 5.97. The summed E-state index contributed by atoms with van der Waals surface area (Å²) in [6.45, 7) is 20.6. The van der Waals surface area contributed by atoms with Crippen molar-refractivity contribution in [2.24, 2.45) is 0 Å². The lowest BCUT2D eigenvalue weighted by Crippen LogP contribution is -2.50. The lowest BCUT2D eigenvalue weighted by atomic mass is 9.99. The Kier molecular flexibility index (Phi) is 15.6. The van der Waals surface area contributed by atoms with Crippen LogP contribution in [0.1, 0.15) is 106 Å². The van der Waals surface area contributed by atoms with Gasteiger partial charge in [-0.3, -0.25) is 4.79 Å². The molecule has 0 heterocycles. The number of carbonyl (C=O) groups excluding carboxylic acids is 1. The third-order valence-corrected chi connectivity index (χ3v) is 5.94. The molecule has 30 heavy (non-hydrogen) atoms. The number of unbranched alkanes of at least 4 members (excludes halogenated alkanes) is 4. The Labute approximate surface area is 186 Å². The second kappa shape index (κ2) is 16.3. The highest BCUT2D eigenvalue weighted by Gasteiger charge is 2.24. The van der Waals surface area contributed by atoms with E-state index in [0.717, 1.165) is 16.7 Å². The number of hydroxylamine groups is 1. The van der Waals surface area contributed by atoms with Crippen LogP contribution < -0.4 is 5.48 Å². The third kappa shape index (κ3) is 10.6. The molecular weight excluding hydrogens is 372 g/mol. The van der Waals surface area contributed by atoms with Gasteiger partial charge >= 0.3 is 0 Å². The Bertz CT molecular complexity index is 538. The average molecular weight is 421 g/mol. The maximum atomic E-state index is 11.1. The van der Waals surface area contributed by atoms with Crippen LogP contribution in [-0.4, -0.2) is 36.6 Å². The Morgan fingerprint density at radius 1 is 0.767 bits per heavy atom. The first-order chi connectivity index (χ1) is 14.3. The van der Waals surface area contributed by atoms with Crippen molar-refractivity contribution in [3.05, 3.63) is 39.6 Å². The molecule has 4 heteroatoms. The van der Waals surface area contributed by atoms with E-state index in [4.69, 9.17) is 0 Å². The normalized spacial score (nSPS) is 11.1. The summed E-state index contributed by atoms with van der Waals surface area (Å²) in [6.07, 6.45) is 11.1. The molecule has 0 saturated heterocycles. The van der Waals surface area contributed by atoms with E-state index in [-0.39, 0.29) is 0 Å². The van der Waals surface area contributed by atoms with Crippen molar-refractivity contribution in [1.82, 2.24) is 5.48 Å². The molecule has 0 fully saturated rings. The number of benzene rings is 1. The molecule has 4 nitrogen and oxygen atoms in total. The van der Waals surface area contributed by atoms with E-state index in [1.165, 1.54) is 87.5 Å². The van der Waals surface area contributed by atoms with Crippen LogP contribution >= 0.6 is 0 Å². The molecule has 0 aliphatic carbocycles. The van der Waals surface area contributed by atoms with Gasteiger partial charge in [0.05, 0.1) is 26.2 Å². The molecule has 1 aromatic rings. The lowest BCUT2D eigenvalue weighted by molar-refractivity contribution is -0.929. The maximum Gasteiger partial charge on any atom is 0.241 e. The van der Waals surface area contributed by atoms with Crippen molar-refractivity contribution in [3.63, 3.8) is 0 Å². The number of hydrogen-bond donors (Lipinski definition) is 1. The van der Waals surface area contributed by atoms with Gasteiger partial charge in [0.25, 0.3) is 0 Å². The largest absolute Gasteiger partial charge is 0.759 e. The average Bonchev–Trinajstić information content (AvgIpc) is 2.72. The SMILES string of the molecule is CCCC[N+](CCCC)(CCCC)CCCC.Cc1cc(C)c(C(=O)N[O-])c(C)c1. The standard InChI is InChI=1S/C16H36N.C10H12NO2/c1-5-9-13-17(14-10-6-2,15-11-7-3)16-12-8-4;1-6-4-7(2)9(8(3)5-6)10(12)11-13/h5-16H2,1-4H3;4-5H,1-3H3,(H-,11,12,13)/q+1;-1. The molecule has 0 saturated carbocycles. The summed E-state index contributed by atoms with van der Waals surface area (Å²) >= 11 is 0. The second-order valence-electron chi connectivity index (χ2n) is 8.86. The van der Waals surface area contributed by atoms with Gasteiger partial charge in [-0.2, -0.15) is 0 Å². The molecule has 0 bridgehead atoms. The van der Waals surface area contributed by atoms with Crippen LogP contribution in [0.2, 0.25) is 0 Å². The summed E-state index contributed by atoms with van der Waals surface area (Å²) < 4.78 is 1.42. The van der Waals surface area contributed by atoms with Crippen molar-refractivity contribution in [2.75, 3.05) is 26.2 Å². The van der Waals surface area contributed by atoms with Crippen LogP contribution in [0.4, 0.5) is 0 Å². The fourth-order valence-electron chi connectivity index (χ4n) is 4.23. The maximum absolute atomic E-state index is 11.1. The minimum Gasteiger partial charge on any atom is -0.759 e. The highest BCUT2D eigenvalue weighted by atomic mass is 16.5. The van der Waals surface area contributed by atoms with Crippen LogP contribution in [0, 0.1) is 26.0 Å². The molecule has 1 rings (SSSR count). The number of aryl methyl sites for hydroxylation is 3. The summed E-state index contributed by atoms with van der Waals surface area (Å²) in [5.41, 5.74) is 4.65. The Morgan fingerprint density at radius 2 is 1.10 bits per heavy atom. The molecule has 0 spiro atoms. The molecule has 1 N–H and O–H groups in total. The Balaban J connectivity index is 0.000000579. The van der Waals surface area contributed by atoms with Gasteiger partial charge in [-0.05, 0) is 57.6 Å². The molecule has 1 aromatic carbocycles. The lowest BCUT2D eigenvalue weighted by Gasteiger charge is -2.39. The van der Waals surface area contributed by atoms with E-state index in [2.05, 4.69) is 27.7 Å². The van der Waals surface area contributed by atoms with Crippen molar-refractivity contribution in [1.29, 1.82) is 0 Å².